The topological polar surface area (TPSA) is 76.1 Å². The standard InChI is InChI=1S/C22H20Cl2N4O2/c1-12-9-17-20(18(29)10-12)21(25-13-7-8-14(23)15(24)11-13)28-22(27-17)26-16-5-3-4-6-19(16)30-2/h3-8,11-12H,9-10H2,1-2H3,(H2,25,26,27,28). The minimum atomic E-state index is 0.0233. The monoisotopic (exact) mass is 442 g/mol. The maximum atomic E-state index is 12.8. The highest BCUT2D eigenvalue weighted by Gasteiger charge is 2.28. The Balaban J connectivity index is 1.77. The molecule has 0 saturated heterocycles. The molecule has 154 valence electrons. The van der Waals surface area contributed by atoms with Crippen molar-refractivity contribution in [2.75, 3.05) is 17.7 Å². The molecule has 1 heterocycles. The summed E-state index contributed by atoms with van der Waals surface area (Å²) in [7, 11) is 1.60. The summed E-state index contributed by atoms with van der Waals surface area (Å²) < 4.78 is 5.40. The average Bonchev–Trinajstić information content (AvgIpc) is 2.70. The first-order valence-electron chi connectivity index (χ1n) is 9.51. The fraction of sp³-hybridized carbons (Fsp3) is 0.227. The number of aromatic nitrogens is 2. The van der Waals surface area contributed by atoms with Crippen LogP contribution in [0.1, 0.15) is 29.4 Å². The Bertz CT molecular complexity index is 1120. The highest BCUT2D eigenvalue weighted by Crippen LogP contribution is 2.34. The van der Waals surface area contributed by atoms with Crippen LogP contribution in [-0.2, 0) is 6.42 Å². The molecule has 1 atom stereocenters. The normalized spacial score (nSPS) is 15.5. The number of Topliss-reactive ketones (excluding diaryl/α,β-unsaturated/α-hetero) is 1. The van der Waals surface area contributed by atoms with E-state index >= 15 is 0 Å². The molecule has 2 N–H and O–H groups in total. The second-order valence-electron chi connectivity index (χ2n) is 7.23. The van der Waals surface area contributed by atoms with Gasteiger partial charge in [0.25, 0.3) is 0 Å². The molecular formula is C22H20Cl2N4O2. The molecule has 0 spiro atoms. The zero-order chi connectivity index (χ0) is 21.3. The number of benzene rings is 2. The largest absolute Gasteiger partial charge is 0.495 e. The van der Waals surface area contributed by atoms with Crippen molar-refractivity contribution < 1.29 is 9.53 Å². The Labute approximate surface area is 184 Å². The van der Waals surface area contributed by atoms with E-state index in [1.54, 1.807) is 25.3 Å². The van der Waals surface area contributed by atoms with Gasteiger partial charge in [0.1, 0.15) is 11.6 Å². The molecule has 1 unspecified atom stereocenters. The molecule has 0 aliphatic heterocycles. The number of hydrogen-bond acceptors (Lipinski definition) is 6. The van der Waals surface area contributed by atoms with Crippen LogP contribution in [0.4, 0.5) is 23.1 Å². The van der Waals surface area contributed by atoms with Crippen molar-refractivity contribution >= 4 is 52.1 Å². The van der Waals surface area contributed by atoms with Gasteiger partial charge in [-0.15, -0.1) is 0 Å². The van der Waals surface area contributed by atoms with E-state index in [0.29, 0.717) is 57.3 Å². The lowest BCUT2D eigenvalue weighted by Crippen LogP contribution is -2.22. The summed E-state index contributed by atoms with van der Waals surface area (Å²) in [6.07, 6.45) is 1.16. The molecule has 0 bridgehead atoms. The van der Waals surface area contributed by atoms with Gasteiger partial charge in [-0.2, -0.15) is 4.98 Å². The molecule has 0 fully saturated rings. The van der Waals surface area contributed by atoms with E-state index in [-0.39, 0.29) is 11.7 Å². The smallest absolute Gasteiger partial charge is 0.229 e. The third-order valence-electron chi connectivity index (χ3n) is 4.87. The molecule has 1 aliphatic carbocycles. The Morgan fingerprint density at radius 3 is 2.60 bits per heavy atom. The molecule has 0 saturated carbocycles. The molecule has 3 aromatic rings. The molecule has 0 radical (unpaired) electrons. The number of carbonyl (C=O) groups is 1. The number of fused-ring (bicyclic) bond motifs is 1. The minimum Gasteiger partial charge on any atom is -0.495 e. The van der Waals surface area contributed by atoms with Crippen LogP contribution in [0, 0.1) is 5.92 Å². The Kier molecular flexibility index (Phi) is 5.79. The zero-order valence-corrected chi connectivity index (χ0v) is 18.0. The fourth-order valence-corrected chi connectivity index (χ4v) is 3.79. The van der Waals surface area contributed by atoms with Crippen molar-refractivity contribution in [2.24, 2.45) is 5.92 Å². The number of anilines is 4. The van der Waals surface area contributed by atoms with Crippen LogP contribution in [-0.4, -0.2) is 22.9 Å². The second-order valence-corrected chi connectivity index (χ2v) is 8.05. The molecule has 8 heteroatoms. The number of para-hydroxylation sites is 2. The molecule has 0 amide bonds. The van der Waals surface area contributed by atoms with Gasteiger partial charge >= 0.3 is 0 Å². The summed E-state index contributed by atoms with van der Waals surface area (Å²) in [6.45, 7) is 2.04. The summed E-state index contributed by atoms with van der Waals surface area (Å²) >= 11 is 12.2. The Morgan fingerprint density at radius 2 is 1.83 bits per heavy atom. The van der Waals surface area contributed by atoms with E-state index < -0.39 is 0 Å². The van der Waals surface area contributed by atoms with Crippen LogP contribution in [0.5, 0.6) is 5.75 Å². The third-order valence-corrected chi connectivity index (χ3v) is 5.61. The van der Waals surface area contributed by atoms with E-state index in [1.807, 2.05) is 31.2 Å². The molecule has 1 aliphatic rings. The Hall–Kier alpha value is -2.83. The van der Waals surface area contributed by atoms with Gasteiger partial charge in [-0.1, -0.05) is 42.3 Å². The molecule has 2 aromatic carbocycles. The van der Waals surface area contributed by atoms with E-state index in [1.165, 1.54) is 0 Å². The van der Waals surface area contributed by atoms with Crippen LogP contribution >= 0.6 is 23.2 Å². The van der Waals surface area contributed by atoms with Crippen molar-refractivity contribution in [3.8, 4) is 5.75 Å². The quantitative estimate of drug-likeness (QED) is 0.501. The summed E-state index contributed by atoms with van der Waals surface area (Å²) in [5, 5.41) is 7.29. The first kappa shape index (κ1) is 20.4. The Morgan fingerprint density at radius 1 is 1.03 bits per heavy atom. The van der Waals surface area contributed by atoms with Crippen molar-refractivity contribution in [2.45, 2.75) is 19.8 Å². The second kappa shape index (κ2) is 8.50. The van der Waals surface area contributed by atoms with Gasteiger partial charge in [0, 0.05) is 12.1 Å². The summed E-state index contributed by atoms with van der Waals surface area (Å²) in [4.78, 5) is 22.0. The van der Waals surface area contributed by atoms with Crippen LogP contribution in [0.25, 0.3) is 0 Å². The van der Waals surface area contributed by atoms with Gasteiger partial charge in [0.05, 0.1) is 34.1 Å². The van der Waals surface area contributed by atoms with Gasteiger partial charge in [-0.3, -0.25) is 4.79 Å². The number of halogens is 2. The summed E-state index contributed by atoms with van der Waals surface area (Å²) in [6, 6.07) is 12.7. The zero-order valence-electron chi connectivity index (χ0n) is 16.5. The number of carbonyl (C=O) groups excluding carboxylic acids is 1. The van der Waals surface area contributed by atoms with Gasteiger partial charge in [-0.25, -0.2) is 4.98 Å². The van der Waals surface area contributed by atoms with Crippen LogP contribution in [0.2, 0.25) is 10.0 Å². The number of nitrogens with one attached hydrogen (secondary N) is 2. The number of ether oxygens (including phenoxy) is 1. The average molecular weight is 443 g/mol. The van der Waals surface area contributed by atoms with Gasteiger partial charge in [-0.05, 0) is 42.7 Å². The fourth-order valence-electron chi connectivity index (χ4n) is 3.49. The first-order valence-corrected chi connectivity index (χ1v) is 10.3. The van der Waals surface area contributed by atoms with E-state index in [4.69, 9.17) is 27.9 Å². The van der Waals surface area contributed by atoms with Crippen molar-refractivity contribution in [1.82, 2.24) is 9.97 Å². The van der Waals surface area contributed by atoms with Crippen LogP contribution < -0.4 is 15.4 Å². The number of rotatable bonds is 5. The van der Waals surface area contributed by atoms with E-state index in [2.05, 4.69) is 20.6 Å². The highest BCUT2D eigenvalue weighted by molar-refractivity contribution is 6.42. The van der Waals surface area contributed by atoms with E-state index in [9.17, 15) is 4.79 Å². The van der Waals surface area contributed by atoms with Crippen molar-refractivity contribution in [1.29, 1.82) is 0 Å². The molecule has 30 heavy (non-hydrogen) atoms. The SMILES string of the molecule is COc1ccccc1Nc1nc2c(c(Nc3ccc(Cl)c(Cl)c3)n1)C(=O)CC(C)C2. The number of nitrogens with zero attached hydrogens (tertiary/aromatic N) is 2. The molecule has 6 nitrogen and oxygen atoms in total. The predicted molar refractivity (Wildman–Crippen MR) is 120 cm³/mol. The van der Waals surface area contributed by atoms with Gasteiger partial charge in [0.15, 0.2) is 5.78 Å². The minimum absolute atomic E-state index is 0.0233. The third kappa shape index (κ3) is 4.20. The summed E-state index contributed by atoms with van der Waals surface area (Å²) in [5.74, 6) is 1.73. The number of ketones is 1. The van der Waals surface area contributed by atoms with Crippen LogP contribution in [0.3, 0.4) is 0 Å². The lowest BCUT2D eigenvalue weighted by molar-refractivity contribution is 0.0953. The molecule has 1 aromatic heterocycles. The highest BCUT2D eigenvalue weighted by atomic mass is 35.5. The van der Waals surface area contributed by atoms with Crippen molar-refractivity contribution in [3.63, 3.8) is 0 Å². The van der Waals surface area contributed by atoms with Crippen molar-refractivity contribution in [3.05, 3.63) is 63.8 Å². The summed E-state index contributed by atoms with van der Waals surface area (Å²) in [5.41, 5.74) is 2.65. The maximum absolute atomic E-state index is 12.8. The molecular weight excluding hydrogens is 423 g/mol. The predicted octanol–water partition coefficient (Wildman–Crippen LogP) is 6.04. The van der Waals surface area contributed by atoms with Gasteiger partial charge < -0.3 is 15.4 Å². The number of methoxy groups -OCH3 is 1. The molecule has 4 rings (SSSR count). The first-order chi connectivity index (χ1) is 14.4. The lowest BCUT2D eigenvalue weighted by atomic mass is 9.87. The van der Waals surface area contributed by atoms with Gasteiger partial charge in [0.2, 0.25) is 5.95 Å². The lowest BCUT2D eigenvalue weighted by Gasteiger charge is -2.23. The van der Waals surface area contributed by atoms with E-state index in [0.717, 1.165) is 5.69 Å². The number of hydrogen-bond donors (Lipinski definition) is 2. The van der Waals surface area contributed by atoms with Crippen LogP contribution in [0.15, 0.2) is 42.5 Å². The maximum Gasteiger partial charge on any atom is 0.229 e.